The van der Waals surface area contributed by atoms with Gasteiger partial charge < -0.3 is 9.47 Å². The van der Waals surface area contributed by atoms with E-state index in [0.717, 1.165) is 25.9 Å². The number of hydrogen-bond donors (Lipinski definition) is 0. The Kier molecular flexibility index (Phi) is 5.41. The Hall–Kier alpha value is -1.10. The van der Waals surface area contributed by atoms with E-state index in [-0.39, 0.29) is 23.9 Å². The van der Waals surface area contributed by atoms with Crippen LogP contribution in [0, 0.1) is 5.92 Å². The summed E-state index contributed by atoms with van der Waals surface area (Å²) in [5, 5.41) is 0. The van der Waals surface area contributed by atoms with E-state index >= 15 is 0 Å². The van der Waals surface area contributed by atoms with Gasteiger partial charge in [-0.3, -0.25) is 14.5 Å². The molecule has 5 heteroatoms. The van der Waals surface area contributed by atoms with Gasteiger partial charge in [0, 0.05) is 0 Å². The van der Waals surface area contributed by atoms with E-state index in [4.69, 9.17) is 9.47 Å². The van der Waals surface area contributed by atoms with Crippen molar-refractivity contribution in [2.24, 2.45) is 5.92 Å². The van der Waals surface area contributed by atoms with E-state index in [1.165, 1.54) is 7.11 Å². The number of methoxy groups -OCH3 is 1. The van der Waals surface area contributed by atoms with Gasteiger partial charge in [0.1, 0.15) is 6.04 Å². The lowest BCUT2D eigenvalue weighted by Gasteiger charge is -2.33. The van der Waals surface area contributed by atoms with Gasteiger partial charge in [-0.05, 0) is 39.8 Å². The molecule has 1 atom stereocenters. The second-order valence-corrected chi connectivity index (χ2v) is 4.26. The van der Waals surface area contributed by atoms with E-state index < -0.39 is 0 Å². The van der Waals surface area contributed by atoms with Crippen LogP contribution >= 0.6 is 0 Å². The third-order valence-corrected chi connectivity index (χ3v) is 3.24. The first-order valence-electron chi connectivity index (χ1n) is 6.08. The molecule has 1 fully saturated rings. The van der Waals surface area contributed by atoms with Crippen molar-refractivity contribution >= 4 is 11.9 Å². The van der Waals surface area contributed by atoms with Crippen LogP contribution in [0.4, 0.5) is 0 Å². The molecule has 1 heterocycles. The van der Waals surface area contributed by atoms with Gasteiger partial charge in [-0.1, -0.05) is 0 Å². The zero-order valence-electron chi connectivity index (χ0n) is 10.8. The molecular formula is C12H21NO4. The van der Waals surface area contributed by atoms with Crippen molar-refractivity contribution in [3.8, 4) is 0 Å². The van der Waals surface area contributed by atoms with Crippen LogP contribution < -0.4 is 0 Å². The maximum atomic E-state index is 11.5. The fourth-order valence-electron chi connectivity index (χ4n) is 2.10. The molecule has 0 aromatic rings. The van der Waals surface area contributed by atoms with Crippen molar-refractivity contribution in [1.82, 2.24) is 4.90 Å². The minimum absolute atomic E-state index is 0.0175. The highest BCUT2D eigenvalue weighted by atomic mass is 16.5. The van der Waals surface area contributed by atoms with Gasteiger partial charge in [-0.15, -0.1) is 0 Å². The number of nitrogens with zero attached hydrogens (tertiary/aromatic N) is 1. The molecular weight excluding hydrogens is 222 g/mol. The molecule has 98 valence electrons. The number of carbonyl (C=O) groups is 2. The summed E-state index contributed by atoms with van der Waals surface area (Å²) in [7, 11) is 1.39. The molecule has 0 unspecified atom stereocenters. The van der Waals surface area contributed by atoms with Crippen LogP contribution in [-0.4, -0.2) is 49.7 Å². The Morgan fingerprint density at radius 3 is 2.41 bits per heavy atom. The number of ether oxygens (including phenoxy) is 2. The highest BCUT2D eigenvalue weighted by Gasteiger charge is 2.30. The lowest BCUT2D eigenvalue weighted by molar-refractivity contribution is -0.151. The summed E-state index contributed by atoms with van der Waals surface area (Å²) < 4.78 is 9.70. The molecule has 1 rings (SSSR count). The molecule has 0 aromatic heterocycles. The highest BCUT2D eigenvalue weighted by Crippen LogP contribution is 2.20. The monoisotopic (exact) mass is 243 g/mol. The molecule has 0 amide bonds. The summed E-state index contributed by atoms with van der Waals surface area (Å²) in [5.41, 5.74) is 0. The Balaban J connectivity index is 2.40. The Bertz CT molecular complexity index is 272. The fraction of sp³-hybridized carbons (Fsp3) is 0.833. The van der Waals surface area contributed by atoms with Crippen LogP contribution in [0.1, 0.15) is 26.7 Å². The average molecular weight is 243 g/mol. The first-order chi connectivity index (χ1) is 8.10. The van der Waals surface area contributed by atoms with Crippen molar-refractivity contribution in [2.75, 3.05) is 26.8 Å². The van der Waals surface area contributed by atoms with E-state index in [2.05, 4.69) is 0 Å². The van der Waals surface area contributed by atoms with Gasteiger partial charge in [0.2, 0.25) is 0 Å². The predicted molar refractivity (Wildman–Crippen MR) is 62.4 cm³/mol. The minimum Gasteiger partial charge on any atom is -0.468 e. The smallest absolute Gasteiger partial charge is 0.322 e. The number of rotatable bonds is 4. The van der Waals surface area contributed by atoms with E-state index in [1.54, 1.807) is 0 Å². The SMILES string of the molecule is CCOC(=O)C1CCN([C@@H](C)C(=O)OC)CC1. The van der Waals surface area contributed by atoms with Crippen molar-refractivity contribution in [2.45, 2.75) is 32.7 Å². The molecule has 5 nitrogen and oxygen atoms in total. The standard InChI is InChI=1S/C12H21NO4/c1-4-17-12(15)10-5-7-13(8-6-10)9(2)11(14)16-3/h9-10H,4-8H2,1-3H3/t9-/m0/s1. The van der Waals surface area contributed by atoms with Gasteiger partial charge in [0.05, 0.1) is 19.6 Å². The Morgan fingerprint density at radius 2 is 1.94 bits per heavy atom. The van der Waals surface area contributed by atoms with E-state index in [1.807, 2.05) is 18.7 Å². The van der Waals surface area contributed by atoms with E-state index in [9.17, 15) is 9.59 Å². The van der Waals surface area contributed by atoms with Crippen molar-refractivity contribution in [1.29, 1.82) is 0 Å². The summed E-state index contributed by atoms with van der Waals surface area (Å²) in [6.45, 7) is 5.54. The normalized spacial score (nSPS) is 19.7. The molecule has 0 bridgehead atoms. The Morgan fingerprint density at radius 1 is 1.35 bits per heavy atom. The highest BCUT2D eigenvalue weighted by molar-refractivity contribution is 5.75. The molecule has 0 aromatic carbocycles. The Labute approximate surface area is 102 Å². The predicted octanol–water partition coefficient (Wildman–Crippen LogP) is 0.823. The number of esters is 2. The van der Waals surface area contributed by atoms with Gasteiger partial charge in [-0.2, -0.15) is 0 Å². The van der Waals surface area contributed by atoms with Crippen LogP contribution in [0.3, 0.4) is 0 Å². The van der Waals surface area contributed by atoms with Crippen LogP contribution in [-0.2, 0) is 19.1 Å². The van der Waals surface area contributed by atoms with Gasteiger partial charge in [0.15, 0.2) is 0 Å². The van der Waals surface area contributed by atoms with E-state index in [0.29, 0.717) is 6.61 Å². The van der Waals surface area contributed by atoms with Gasteiger partial charge >= 0.3 is 11.9 Å². The number of carbonyl (C=O) groups excluding carboxylic acids is 2. The van der Waals surface area contributed by atoms with Crippen LogP contribution in [0.15, 0.2) is 0 Å². The second-order valence-electron chi connectivity index (χ2n) is 4.26. The maximum Gasteiger partial charge on any atom is 0.322 e. The fourth-order valence-corrected chi connectivity index (χ4v) is 2.10. The molecule has 17 heavy (non-hydrogen) atoms. The summed E-state index contributed by atoms with van der Waals surface area (Å²) in [4.78, 5) is 24.9. The summed E-state index contributed by atoms with van der Waals surface area (Å²) in [6.07, 6.45) is 1.50. The number of piperidine rings is 1. The molecule has 0 N–H and O–H groups in total. The molecule has 1 aliphatic heterocycles. The zero-order chi connectivity index (χ0) is 12.8. The quantitative estimate of drug-likeness (QED) is 0.684. The average Bonchev–Trinajstić information content (AvgIpc) is 2.37. The van der Waals surface area contributed by atoms with Crippen molar-refractivity contribution < 1.29 is 19.1 Å². The largest absolute Gasteiger partial charge is 0.468 e. The minimum atomic E-state index is -0.233. The second kappa shape index (κ2) is 6.59. The third kappa shape index (κ3) is 3.70. The summed E-state index contributed by atoms with van der Waals surface area (Å²) >= 11 is 0. The van der Waals surface area contributed by atoms with Gasteiger partial charge in [-0.25, -0.2) is 0 Å². The lowest BCUT2D eigenvalue weighted by Crippen LogP contribution is -2.45. The molecule has 0 saturated carbocycles. The maximum absolute atomic E-state index is 11.5. The lowest BCUT2D eigenvalue weighted by atomic mass is 9.96. The number of hydrogen-bond acceptors (Lipinski definition) is 5. The molecule has 0 aliphatic carbocycles. The van der Waals surface area contributed by atoms with Crippen LogP contribution in [0.5, 0.6) is 0 Å². The van der Waals surface area contributed by atoms with Crippen molar-refractivity contribution in [3.05, 3.63) is 0 Å². The third-order valence-electron chi connectivity index (χ3n) is 3.24. The van der Waals surface area contributed by atoms with Crippen LogP contribution in [0.25, 0.3) is 0 Å². The molecule has 0 radical (unpaired) electrons. The van der Waals surface area contributed by atoms with Gasteiger partial charge in [0.25, 0.3) is 0 Å². The first-order valence-corrected chi connectivity index (χ1v) is 6.08. The van der Waals surface area contributed by atoms with Crippen molar-refractivity contribution in [3.63, 3.8) is 0 Å². The molecule has 1 saturated heterocycles. The summed E-state index contributed by atoms with van der Waals surface area (Å²) in [5.74, 6) is -0.353. The summed E-state index contributed by atoms with van der Waals surface area (Å²) in [6, 6.07) is -0.233. The molecule has 1 aliphatic rings. The number of likely N-dealkylation sites (tertiary alicyclic amines) is 1. The first kappa shape index (κ1) is 14.0. The van der Waals surface area contributed by atoms with Crippen LogP contribution in [0.2, 0.25) is 0 Å². The zero-order valence-corrected chi connectivity index (χ0v) is 10.8. The topological polar surface area (TPSA) is 55.8 Å². The molecule has 0 spiro atoms.